The van der Waals surface area contributed by atoms with Gasteiger partial charge >= 0.3 is 5.97 Å². The van der Waals surface area contributed by atoms with E-state index in [4.69, 9.17) is 9.47 Å². The maximum absolute atomic E-state index is 11.5. The maximum Gasteiger partial charge on any atom is 0.311 e. The molecular weight excluding hydrogens is 274 g/mol. The van der Waals surface area contributed by atoms with Crippen LogP contribution in [0, 0.1) is 0 Å². The molecule has 0 N–H and O–H groups in total. The Balaban J connectivity index is 2.10. The van der Waals surface area contributed by atoms with Gasteiger partial charge in [-0.2, -0.15) is 0 Å². The van der Waals surface area contributed by atoms with Crippen LogP contribution in [-0.2, 0) is 26.3 Å². The number of aromatic nitrogens is 1. The Kier molecular flexibility index (Phi) is 5.54. The summed E-state index contributed by atoms with van der Waals surface area (Å²) in [6.45, 7) is 4.96. The maximum atomic E-state index is 11.5. The summed E-state index contributed by atoms with van der Waals surface area (Å²) in [6, 6.07) is 0. The van der Waals surface area contributed by atoms with Gasteiger partial charge in [-0.15, -0.1) is 11.3 Å². The van der Waals surface area contributed by atoms with Gasteiger partial charge in [0.1, 0.15) is 10.6 Å². The van der Waals surface area contributed by atoms with Crippen molar-refractivity contribution in [2.45, 2.75) is 58.0 Å². The summed E-state index contributed by atoms with van der Waals surface area (Å²) in [5.74, 6) is -0.210. The topological polar surface area (TPSA) is 48.4 Å². The molecule has 1 aromatic heterocycles. The Morgan fingerprint density at radius 3 is 2.70 bits per heavy atom. The van der Waals surface area contributed by atoms with Crippen molar-refractivity contribution in [1.82, 2.24) is 4.98 Å². The molecule has 5 heteroatoms. The van der Waals surface area contributed by atoms with Crippen molar-refractivity contribution < 1.29 is 14.3 Å². The average Bonchev–Trinajstić information content (AvgIpc) is 2.89. The van der Waals surface area contributed by atoms with E-state index in [2.05, 4.69) is 4.98 Å². The largest absolute Gasteiger partial charge is 0.466 e. The molecule has 4 nitrogen and oxygen atoms in total. The second-order valence-corrected chi connectivity index (χ2v) is 5.97. The van der Waals surface area contributed by atoms with Gasteiger partial charge in [-0.1, -0.05) is 19.3 Å². The number of ether oxygens (including phenoxy) is 2. The molecule has 0 saturated heterocycles. The van der Waals surface area contributed by atoms with E-state index in [-0.39, 0.29) is 18.0 Å². The molecule has 1 saturated carbocycles. The van der Waals surface area contributed by atoms with Crippen molar-refractivity contribution in [3.8, 4) is 0 Å². The predicted octanol–water partition coefficient (Wildman–Crippen LogP) is 3.44. The van der Waals surface area contributed by atoms with E-state index in [1.807, 2.05) is 19.2 Å². The van der Waals surface area contributed by atoms with Crippen LogP contribution in [0.1, 0.15) is 56.7 Å². The lowest BCUT2D eigenvalue weighted by atomic mass is 9.85. The van der Waals surface area contributed by atoms with Crippen LogP contribution in [0.15, 0.2) is 5.38 Å². The van der Waals surface area contributed by atoms with Gasteiger partial charge < -0.3 is 9.47 Å². The van der Waals surface area contributed by atoms with Crippen molar-refractivity contribution in [3.05, 3.63) is 16.1 Å². The quantitative estimate of drug-likeness (QED) is 0.755. The molecule has 2 rings (SSSR count). The minimum absolute atomic E-state index is 0.210. The molecule has 0 aliphatic heterocycles. The second kappa shape index (κ2) is 7.18. The SMILES string of the molecule is CCOC(=O)Cc1csc(C2(OCC)CCCCC2)n1. The highest BCUT2D eigenvalue weighted by atomic mass is 32.1. The van der Waals surface area contributed by atoms with Crippen LogP contribution in [0.2, 0.25) is 0 Å². The van der Waals surface area contributed by atoms with Crippen molar-refractivity contribution >= 4 is 17.3 Å². The summed E-state index contributed by atoms with van der Waals surface area (Å²) >= 11 is 1.61. The Morgan fingerprint density at radius 2 is 2.05 bits per heavy atom. The number of rotatable bonds is 6. The first-order valence-corrected chi connectivity index (χ1v) is 8.32. The van der Waals surface area contributed by atoms with Gasteiger partial charge in [-0.3, -0.25) is 4.79 Å². The van der Waals surface area contributed by atoms with Crippen LogP contribution in [0.4, 0.5) is 0 Å². The molecule has 0 aromatic carbocycles. The highest BCUT2D eigenvalue weighted by Crippen LogP contribution is 2.41. The average molecular weight is 297 g/mol. The van der Waals surface area contributed by atoms with Gasteiger partial charge in [0.25, 0.3) is 0 Å². The van der Waals surface area contributed by atoms with Gasteiger partial charge in [0.15, 0.2) is 0 Å². The van der Waals surface area contributed by atoms with Gasteiger partial charge in [0.05, 0.1) is 18.7 Å². The monoisotopic (exact) mass is 297 g/mol. The minimum atomic E-state index is -0.218. The first kappa shape index (κ1) is 15.4. The Hall–Kier alpha value is -0.940. The highest BCUT2D eigenvalue weighted by Gasteiger charge is 2.37. The molecular formula is C15H23NO3S. The lowest BCUT2D eigenvalue weighted by molar-refractivity contribution is -0.142. The van der Waals surface area contributed by atoms with E-state index in [0.29, 0.717) is 13.2 Å². The highest BCUT2D eigenvalue weighted by molar-refractivity contribution is 7.09. The Labute approximate surface area is 124 Å². The van der Waals surface area contributed by atoms with Crippen LogP contribution in [-0.4, -0.2) is 24.2 Å². The molecule has 0 bridgehead atoms. The smallest absolute Gasteiger partial charge is 0.311 e. The Bertz CT molecular complexity index is 433. The van der Waals surface area contributed by atoms with Crippen LogP contribution in [0.25, 0.3) is 0 Å². The summed E-state index contributed by atoms with van der Waals surface area (Å²) in [6.07, 6.45) is 5.97. The van der Waals surface area contributed by atoms with Crippen molar-refractivity contribution in [1.29, 1.82) is 0 Å². The first-order valence-electron chi connectivity index (χ1n) is 7.44. The van der Waals surface area contributed by atoms with E-state index in [0.717, 1.165) is 23.5 Å². The fraction of sp³-hybridized carbons (Fsp3) is 0.733. The number of esters is 1. The Morgan fingerprint density at radius 1 is 1.30 bits per heavy atom. The second-order valence-electron chi connectivity index (χ2n) is 5.11. The van der Waals surface area contributed by atoms with Crippen LogP contribution >= 0.6 is 11.3 Å². The number of carbonyl (C=O) groups excluding carboxylic acids is 1. The van der Waals surface area contributed by atoms with Gasteiger partial charge in [0, 0.05) is 12.0 Å². The summed E-state index contributed by atoms with van der Waals surface area (Å²) in [5, 5.41) is 2.99. The number of hydrogen-bond acceptors (Lipinski definition) is 5. The van der Waals surface area contributed by atoms with Gasteiger partial charge in [-0.05, 0) is 26.7 Å². The van der Waals surface area contributed by atoms with E-state index in [1.165, 1.54) is 19.3 Å². The molecule has 112 valence electrons. The first-order chi connectivity index (χ1) is 9.70. The molecule has 0 radical (unpaired) electrons. The summed E-state index contributed by atoms with van der Waals surface area (Å²) in [7, 11) is 0. The lowest BCUT2D eigenvalue weighted by Crippen LogP contribution is -2.32. The van der Waals surface area contributed by atoms with Crippen LogP contribution < -0.4 is 0 Å². The standard InChI is InChI=1S/C15H23NO3S/c1-3-18-13(17)10-12-11-20-14(16-12)15(19-4-2)8-6-5-7-9-15/h11H,3-10H2,1-2H3. The summed E-state index contributed by atoms with van der Waals surface area (Å²) in [4.78, 5) is 16.2. The van der Waals surface area contributed by atoms with Crippen molar-refractivity contribution in [2.24, 2.45) is 0 Å². The molecule has 1 aromatic rings. The zero-order valence-electron chi connectivity index (χ0n) is 12.3. The molecule has 0 unspecified atom stereocenters. The third kappa shape index (κ3) is 3.58. The fourth-order valence-electron chi connectivity index (χ4n) is 2.78. The van der Waals surface area contributed by atoms with E-state index in [1.54, 1.807) is 11.3 Å². The molecule has 1 aliphatic carbocycles. The summed E-state index contributed by atoms with van der Waals surface area (Å²) in [5.41, 5.74) is 0.581. The molecule has 20 heavy (non-hydrogen) atoms. The third-order valence-corrected chi connectivity index (χ3v) is 4.73. The normalized spacial score (nSPS) is 17.9. The molecule has 0 atom stereocenters. The summed E-state index contributed by atoms with van der Waals surface area (Å²) < 4.78 is 11.0. The van der Waals surface area contributed by atoms with E-state index in [9.17, 15) is 4.79 Å². The molecule has 1 heterocycles. The molecule has 0 amide bonds. The minimum Gasteiger partial charge on any atom is -0.466 e. The zero-order valence-corrected chi connectivity index (χ0v) is 13.1. The molecule has 0 spiro atoms. The van der Waals surface area contributed by atoms with Gasteiger partial charge in [-0.25, -0.2) is 4.98 Å². The predicted molar refractivity (Wildman–Crippen MR) is 78.8 cm³/mol. The zero-order chi connectivity index (χ0) is 14.4. The third-order valence-electron chi connectivity index (χ3n) is 3.65. The van der Waals surface area contributed by atoms with Crippen LogP contribution in [0.5, 0.6) is 0 Å². The van der Waals surface area contributed by atoms with Gasteiger partial charge in [0.2, 0.25) is 0 Å². The fourth-order valence-corrected chi connectivity index (χ4v) is 3.81. The lowest BCUT2D eigenvalue weighted by Gasteiger charge is -2.35. The number of thiazole rings is 1. The van der Waals surface area contributed by atoms with E-state index < -0.39 is 0 Å². The number of nitrogens with zero attached hydrogens (tertiary/aromatic N) is 1. The van der Waals surface area contributed by atoms with Crippen molar-refractivity contribution in [3.63, 3.8) is 0 Å². The number of hydrogen-bond donors (Lipinski definition) is 0. The molecule has 1 fully saturated rings. The van der Waals surface area contributed by atoms with E-state index >= 15 is 0 Å². The molecule has 1 aliphatic rings. The van der Waals surface area contributed by atoms with Crippen molar-refractivity contribution in [2.75, 3.05) is 13.2 Å². The number of carbonyl (C=O) groups is 1. The van der Waals surface area contributed by atoms with Crippen LogP contribution in [0.3, 0.4) is 0 Å².